The van der Waals surface area contributed by atoms with E-state index in [1.54, 1.807) is 18.2 Å². The predicted molar refractivity (Wildman–Crippen MR) is 71.0 cm³/mol. The molecule has 0 saturated carbocycles. The maximum absolute atomic E-state index is 12.8. The van der Waals surface area contributed by atoms with Gasteiger partial charge in [-0.25, -0.2) is 4.98 Å². The maximum atomic E-state index is 12.8. The minimum absolute atomic E-state index is 0.130. The first-order valence-corrected chi connectivity index (χ1v) is 6.09. The molecule has 2 rings (SSSR count). The van der Waals surface area contributed by atoms with Crippen molar-refractivity contribution >= 4 is 11.6 Å². The van der Waals surface area contributed by atoms with Crippen molar-refractivity contribution in [1.82, 2.24) is 4.98 Å². The van der Waals surface area contributed by atoms with Crippen molar-refractivity contribution in [3.63, 3.8) is 0 Å². The van der Waals surface area contributed by atoms with Gasteiger partial charge < -0.3 is 4.74 Å². The summed E-state index contributed by atoms with van der Waals surface area (Å²) < 4.78 is 43.6. The number of hydrogen-bond donors (Lipinski definition) is 0. The van der Waals surface area contributed by atoms with Gasteiger partial charge in [0.25, 0.3) is 0 Å². The first kappa shape index (κ1) is 14.7. The third kappa shape index (κ3) is 3.04. The van der Waals surface area contributed by atoms with E-state index in [0.29, 0.717) is 11.3 Å². The summed E-state index contributed by atoms with van der Waals surface area (Å²) in [6.45, 7) is 1.83. The lowest BCUT2D eigenvalue weighted by molar-refractivity contribution is -0.137. The summed E-state index contributed by atoms with van der Waals surface area (Å²) in [5, 5.41) is -0.210. The molecule has 0 radical (unpaired) electrons. The molecule has 0 atom stereocenters. The zero-order valence-corrected chi connectivity index (χ0v) is 11.5. The van der Waals surface area contributed by atoms with Gasteiger partial charge in [0, 0.05) is 5.56 Å². The molecule has 1 aromatic carbocycles. The van der Waals surface area contributed by atoms with Crippen LogP contribution in [0.4, 0.5) is 13.2 Å². The number of halogens is 4. The Labute approximate surface area is 119 Å². The van der Waals surface area contributed by atoms with Crippen LogP contribution >= 0.6 is 11.6 Å². The fourth-order valence-electron chi connectivity index (χ4n) is 1.82. The van der Waals surface area contributed by atoms with Crippen molar-refractivity contribution in [3.8, 4) is 17.0 Å². The van der Waals surface area contributed by atoms with Crippen LogP contribution < -0.4 is 4.74 Å². The van der Waals surface area contributed by atoms with Gasteiger partial charge in [-0.15, -0.1) is 0 Å². The molecule has 0 aliphatic heterocycles. The number of rotatable bonds is 2. The molecule has 0 aliphatic carbocycles. The SMILES string of the molecule is COc1ccc(C)cc1-c1cc(C(F)(F)F)cc(Cl)n1. The molecule has 0 unspecified atom stereocenters. The lowest BCUT2D eigenvalue weighted by atomic mass is 10.1. The normalized spacial score (nSPS) is 11.5. The van der Waals surface area contributed by atoms with Crippen LogP contribution in [0.25, 0.3) is 11.3 Å². The fraction of sp³-hybridized carbons (Fsp3) is 0.214. The first-order chi connectivity index (χ1) is 9.31. The molecule has 0 aliphatic rings. The van der Waals surface area contributed by atoms with Crippen LogP contribution in [-0.2, 0) is 6.18 Å². The smallest absolute Gasteiger partial charge is 0.416 e. The van der Waals surface area contributed by atoms with Gasteiger partial charge in [-0.3, -0.25) is 0 Å². The number of hydrogen-bond acceptors (Lipinski definition) is 2. The second kappa shape index (κ2) is 5.32. The maximum Gasteiger partial charge on any atom is 0.416 e. The molecule has 1 heterocycles. The molecule has 0 bridgehead atoms. The van der Waals surface area contributed by atoms with Gasteiger partial charge in [0.1, 0.15) is 10.9 Å². The summed E-state index contributed by atoms with van der Waals surface area (Å²) >= 11 is 5.69. The molecule has 20 heavy (non-hydrogen) atoms. The summed E-state index contributed by atoms with van der Waals surface area (Å²) in [6, 6.07) is 6.95. The average Bonchev–Trinajstić information content (AvgIpc) is 2.37. The van der Waals surface area contributed by atoms with E-state index in [0.717, 1.165) is 17.7 Å². The largest absolute Gasteiger partial charge is 0.496 e. The van der Waals surface area contributed by atoms with Crippen LogP contribution in [0.5, 0.6) is 5.75 Å². The number of alkyl halides is 3. The van der Waals surface area contributed by atoms with Crippen molar-refractivity contribution in [2.75, 3.05) is 7.11 Å². The van der Waals surface area contributed by atoms with Gasteiger partial charge in [0.15, 0.2) is 0 Å². The van der Waals surface area contributed by atoms with E-state index in [4.69, 9.17) is 16.3 Å². The Balaban J connectivity index is 2.64. The number of pyridine rings is 1. The average molecular weight is 302 g/mol. The van der Waals surface area contributed by atoms with Crippen molar-refractivity contribution in [1.29, 1.82) is 0 Å². The Morgan fingerprint density at radius 3 is 2.45 bits per heavy atom. The molecule has 6 heteroatoms. The molecule has 1 aromatic heterocycles. The van der Waals surface area contributed by atoms with Crippen LogP contribution in [0, 0.1) is 6.92 Å². The third-order valence-corrected chi connectivity index (χ3v) is 2.95. The molecule has 2 aromatic rings. The molecular formula is C14H11ClF3NO. The molecular weight excluding hydrogens is 291 g/mol. The van der Waals surface area contributed by atoms with Crippen LogP contribution in [0.1, 0.15) is 11.1 Å². The van der Waals surface area contributed by atoms with E-state index < -0.39 is 11.7 Å². The Morgan fingerprint density at radius 2 is 1.85 bits per heavy atom. The highest BCUT2D eigenvalue weighted by atomic mass is 35.5. The number of ether oxygens (including phenoxy) is 1. The monoisotopic (exact) mass is 301 g/mol. The quantitative estimate of drug-likeness (QED) is 0.748. The molecule has 0 fully saturated rings. The molecule has 106 valence electrons. The van der Waals surface area contributed by atoms with E-state index in [-0.39, 0.29) is 10.8 Å². The van der Waals surface area contributed by atoms with Gasteiger partial charge in [-0.1, -0.05) is 23.2 Å². The lowest BCUT2D eigenvalue weighted by Gasteiger charge is -2.12. The van der Waals surface area contributed by atoms with E-state index in [1.165, 1.54) is 7.11 Å². The highest BCUT2D eigenvalue weighted by Gasteiger charge is 2.31. The highest BCUT2D eigenvalue weighted by Crippen LogP contribution is 2.36. The summed E-state index contributed by atoms with van der Waals surface area (Å²) in [5.41, 5.74) is 0.651. The lowest BCUT2D eigenvalue weighted by Crippen LogP contribution is -2.06. The van der Waals surface area contributed by atoms with Crippen LogP contribution in [0.3, 0.4) is 0 Å². The van der Waals surface area contributed by atoms with E-state index in [1.807, 2.05) is 6.92 Å². The third-order valence-electron chi connectivity index (χ3n) is 2.75. The number of benzene rings is 1. The number of aromatic nitrogens is 1. The molecule has 0 amide bonds. The van der Waals surface area contributed by atoms with E-state index >= 15 is 0 Å². The Morgan fingerprint density at radius 1 is 1.15 bits per heavy atom. The van der Waals surface area contributed by atoms with Gasteiger partial charge in [-0.2, -0.15) is 13.2 Å². The Kier molecular flexibility index (Phi) is 3.90. The summed E-state index contributed by atoms with van der Waals surface area (Å²) in [4.78, 5) is 3.95. The van der Waals surface area contributed by atoms with Gasteiger partial charge in [0.05, 0.1) is 18.4 Å². The number of methoxy groups -OCH3 is 1. The van der Waals surface area contributed by atoms with Gasteiger partial charge in [-0.05, 0) is 31.2 Å². The first-order valence-electron chi connectivity index (χ1n) is 5.71. The fourth-order valence-corrected chi connectivity index (χ4v) is 2.03. The number of nitrogens with zero attached hydrogens (tertiary/aromatic N) is 1. The van der Waals surface area contributed by atoms with E-state index in [2.05, 4.69) is 4.98 Å². The zero-order chi connectivity index (χ0) is 14.9. The van der Waals surface area contributed by atoms with Gasteiger partial charge >= 0.3 is 6.18 Å². The minimum atomic E-state index is -4.47. The standard InChI is InChI=1S/C14H11ClF3NO/c1-8-3-4-12(20-2)10(5-8)11-6-9(14(16,17)18)7-13(15)19-11/h3-7H,1-2H3. The zero-order valence-electron chi connectivity index (χ0n) is 10.8. The number of aryl methyl sites for hydroxylation is 1. The van der Waals surface area contributed by atoms with Crippen LogP contribution in [0.15, 0.2) is 30.3 Å². The van der Waals surface area contributed by atoms with Crippen molar-refractivity contribution in [2.24, 2.45) is 0 Å². The second-order valence-corrected chi connectivity index (χ2v) is 4.65. The second-order valence-electron chi connectivity index (χ2n) is 4.27. The van der Waals surface area contributed by atoms with Crippen LogP contribution in [-0.4, -0.2) is 12.1 Å². The van der Waals surface area contributed by atoms with Crippen molar-refractivity contribution < 1.29 is 17.9 Å². The van der Waals surface area contributed by atoms with E-state index in [9.17, 15) is 13.2 Å². The van der Waals surface area contributed by atoms with Crippen molar-refractivity contribution in [2.45, 2.75) is 13.1 Å². The van der Waals surface area contributed by atoms with Gasteiger partial charge in [0.2, 0.25) is 0 Å². The topological polar surface area (TPSA) is 22.1 Å². The molecule has 2 nitrogen and oxygen atoms in total. The molecule has 0 spiro atoms. The van der Waals surface area contributed by atoms with Crippen LogP contribution in [0.2, 0.25) is 5.15 Å². The Bertz CT molecular complexity index is 641. The Hall–Kier alpha value is -1.75. The predicted octanol–water partition coefficient (Wildman–Crippen LogP) is 4.74. The molecule has 0 N–H and O–H groups in total. The summed E-state index contributed by atoms with van der Waals surface area (Å²) in [6.07, 6.45) is -4.47. The minimum Gasteiger partial charge on any atom is -0.496 e. The summed E-state index contributed by atoms with van der Waals surface area (Å²) in [7, 11) is 1.45. The summed E-state index contributed by atoms with van der Waals surface area (Å²) in [5.74, 6) is 0.443. The van der Waals surface area contributed by atoms with Crippen molar-refractivity contribution in [3.05, 3.63) is 46.6 Å². The molecule has 0 saturated heterocycles. The highest BCUT2D eigenvalue weighted by molar-refractivity contribution is 6.29.